The number of carbonyl (C=O) groups is 1. The molecule has 4 heteroatoms. The van der Waals surface area contributed by atoms with Crippen molar-refractivity contribution in [1.29, 1.82) is 0 Å². The summed E-state index contributed by atoms with van der Waals surface area (Å²) in [6.45, 7) is 5.45. The van der Waals surface area contributed by atoms with E-state index in [2.05, 4.69) is 21.7 Å². The topological polar surface area (TPSA) is 54.0 Å². The second-order valence-corrected chi connectivity index (χ2v) is 5.15. The van der Waals surface area contributed by atoms with Gasteiger partial charge in [0.15, 0.2) is 0 Å². The van der Waals surface area contributed by atoms with Crippen molar-refractivity contribution >= 4 is 11.6 Å². The summed E-state index contributed by atoms with van der Waals surface area (Å²) in [6.07, 6.45) is 3.99. The normalized spacial score (nSPS) is 10.4. The molecule has 110 valence electrons. The molecule has 0 radical (unpaired) electrons. The molecule has 1 aromatic carbocycles. The van der Waals surface area contributed by atoms with E-state index in [4.69, 9.17) is 0 Å². The Hall–Kier alpha value is -2.20. The van der Waals surface area contributed by atoms with Gasteiger partial charge in [-0.2, -0.15) is 0 Å². The fourth-order valence-electron chi connectivity index (χ4n) is 2.10. The summed E-state index contributed by atoms with van der Waals surface area (Å²) in [5.74, 6) is 0.0316. The van der Waals surface area contributed by atoms with E-state index >= 15 is 0 Å². The molecule has 0 aliphatic heterocycles. The van der Waals surface area contributed by atoms with Gasteiger partial charge in [-0.3, -0.25) is 9.78 Å². The molecule has 1 aromatic heterocycles. The molecule has 0 aliphatic carbocycles. The van der Waals surface area contributed by atoms with E-state index in [1.54, 1.807) is 12.4 Å². The summed E-state index contributed by atoms with van der Waals surface area (Å²) in [5.41, 5.74) is 4.34. The highest BCUT2D eigenvalue weighted by atomic mass is 16.1. The van der Waals surface area contributed by atoms with Gasteiger partial charge >= 0.3 is 0 Å². The molecule has 0 saturated carbocycles. The van der Waals surface area contributed by atoms with Gasteiger partial charge in [-0.25, -0.2) is 0 Å². The van der Waals surface area contributed by atoms with Gasteiger partial charge in [-0.05, 0) is 43.2 Å². The minimum atomic E-state index is 0.0316. The number of hydrogen-bond acceptors (Lipinski definition) is 3. The number of nitrogens with one attached hydrogen (secondary N) is 2. The molecular formula is C17H21N3O. The van der Waals surface area contributed by atoms with Crippen LogP contribution in [0.2, 0.25) is 0 Å². The summed E-state index contributed by atoms with van der Waals surface area (Å²) >= 11 is 0. The highest BCUT2D eigenvalue weighted by molar-refractivity contribution is 5.91. The second-order valence-electron chi connectivity index (χ2n) is 5.15. The number of hydrogen-bond donors (Lipinski definition) is 2. The van der Waals surface area contributed by atoms with Crippen molar-refractivity contribution < 1.29 is 4.79 Å². The molecule has 0 fully saturated rings. The first-order chi connectivity index (χ1) is 10.1. The number of anilines is 1. The Bertz CT molecular complexity index is 596. The van der Waals surface area contributed by atoms with Crippen LogP contribution in [-0.4, -0.2) is 17.4 Å². The van der Waals surface area contributed by atoms with Crippen LogP contribution in [0.15, 0.2) is 42.7 Å². The van der Waals surface area contributed by atoms with Crippen LogP contribution in [0, 0.1) is 13.8 Å². The molecular weight excluding hydrogens is 262 g/mol. The van der Waals surface area contributed by atoms with E-state index in [1.165, 1.54) is 11.1 Å². The lowest BCUT2D eigenvalue weighted by Crippen LogP contribution is -2.21. The van der Waals surface area contributed by atoms with E-state index < -0.39 is 0 Å². The largest absolute Gasteiger partial charge is 0.326 e. The molecule has 21 heavy (non-hydrogen) atoms. The molecule has 2 aromatic rings. The summed E-state index contributed by atoms with van der Waals surface area (Å²) in [6, 6.07) is 9.94. The van der Waals surface area contributed by atoms with Gasteiger partial charge in [0.25, 0.3) is 0 Å². The van der Waals surface area contributed by atoms with Crippen LogP contribution in [-0.2, 0) is 11.3 Å². The first-order valence-electron chi connectivity index (χ1n) is 7.12. The zero-order chi connectivity index (χ0) is 15.1. The average Bonchev–Trinajstić information content (AvgIpc) is 2.48. The monoisotopic (exact) mass is 283 g/mol. The summed E-state index contributed by atoms with van der Waals surface area (Å²) in [7, 11) is 0. The number of rotatable bonds is 6. The molecule has 4 nitrogen and oxygen atoms in total. The summed E-state index contributed by atoms with van der Waals surface area (Å²) < 4.78 is 0. The number of nitrogens with zero attached hydrogens (tertiary/aromatic N) is 1. The molecule has 0 bridgehead atoms. The zero-order valence-corrected chi connectivity index (χ0v) is 12.5. The first-order valence-corrected chi connectivity index (χ1v) is 7.12. The lowest BCUT2D eigenvalue weighted by molar-refractivity contribution is -0.116. The van der Waals surface area contributed by atoms with Gasteiger partial charge in [0.2, 0.25) is 5.91 Å². The molecule has 0 unspecified atom stereocenters. The van der Waals surface area contributed by atoms with Gasteiger partial charge in [0, 0.05) is 37.6 Å². The molecule has 0 spiro atoms. The number of carbonyl (C=O) groups excluding carboxylic acids is 1. The van der Waals surface area contributed by atoms with Gasteiger partial charge < -0.3 is 10.6 Å². The van der Waals surface area contributed by atoms with Crippen LogP contribution in [0.1, 0.15) is 23.1 Å². The maximum absolute atomic E-state index is 11.9. The van der Waals surface area contributed by atoms with Crippen LogP contribution >= 0.6 is 0 Å². The minimum Gasteiger partial charge on any atom is -0.326 e. The number of amides is 1. The van der Waals surface area contributed by atoms with Crippen LogP contribution in [0.25, 0.3) is 0 Å². The van der Waals surface area contributed by atoms with Crippen LogP contribution in [0.4, 0.5) is 5.69 Å². The lowest BCUT2D eigenvalue weighted by atomic mass is 10.1. The van der Waals surface area contributed by atoms with Crippen molar-refractivity contribution in [3.63, 3.8) is 0 Å². The Labute approximate surface area is 125 Å². The minimum absolute atomic E-state index is 0.0316. The molecule has 1 amide bonds. The van der Waals surface area contributed by atoms with Crippen molar-refractivity contribution in [2.24, 2.45) is 0 Å². The highest BCUT2D eigenvalue weighted by Crippen LogP contribution is 2.15. The molecule has 1 heterocycles. The summed E-state index contributed by atoms with van der Waals surface area (Å²) in [4.78, 5) is 15.9. The van der Waals surface area contributed by atoms with Crippen LogP contribution < -0.4 is 10.6 Å². The smallest absolute Gasteiger partial charge is 0.225 e. The van der Waals surface area contributed by atoms with Crippen molar-refractivity contribution in [3.8, 4) is 0 Å². The Morgan fingerprint density at radius 2 is 1.90 bits per heavy atom. The van der Waals surface area contributed by atoms with Crippen molar-refractivity contribution in [3.05, 3.63) is 59.4 Å². The van der Waals surface area contributed by atoms with E-state index in [9.17, 15) is 4.79 Å². The molecule has 0 aliphatic rings. The fraction of sp³-hybridized carbons (Fsp3) is 0.294. The third kappa shape index (κ3) is 5.00. The fourth-order valence-corrected chi connectivity index (χ4v) is 2.10. The first kappa shape index (κ1) is 15.2. The lowest BCUT2D eigenvalue weighted by Gasteiger charge is -2.09. The highest BCUT2D eigenvalue weighted by Gasteiger charge is 2.04. The number of aryl methyl sites for hydroxylation is 2. The number of pyridine rings is 1. The number of aromatic nitrogens is 1. The van der Waals surface area contributed by atoms with Crippen LogP contribution in [0.5, 0.6) is 0 Å². The van der Waals surface area contributed by atoms with Gasteiger partial charge in [-0.15, -0.1) is 0 Å². The predicted molar refractivity (Wildman–Crippen MR) is 85.1 cm³/mol. The second kappa shape index (κ2) is 7.55. The summed E-state index contributed by atoms with van der Waals surface area (Å²) in [5, 5.41) is 6.20. The average molecular weight is 283 g/mol. The van der Waals surface area contributed by atoms with E-state index in [1.807, 2.05) is 38.1 Å². The molecule has 0 saturated heterocycles. The van der Waals surface area contributed by atoms with Gasteiger partial charge in [0.1, 0.15) is 0 Å². The third-order valence-electron chi connectivity index (χ3n) is 3.26. The SMILES string of the molecule is Cc1ccc(NC(=O)CCNCc2ccncc2)c(C)c1. The quantitative estimate of drug-likeness (QED) is 0.802. The number of benzene rings is 1. The van der Waals surface area contributed by atoms with E-state index in [0.29, 0.717) is 13.0 Å². The Balaban J connectivity index is 1.72. The maximum Gasteiger partial charge on any atom is 0.225 e. The molecule has 0 atom stereocenters. The standard InChI is InChI=1S/C17H21N3O/c1-13-3-4-16(14(2)11-13)20-17(21)7-10-19-12-15-5-8-18-9-6-15/h3-6,8-9,11,19H,7,10,12H2,1-2H3,(H,20,21). The zero-order valence-electron chi connectivity index (χ0n) is 12.5. The van der Waals surface area contributed by atoms with Crippen molar-refractivity contribution in [1.82, 2.24) is 10.3 Å². The molecule has 2 rings (SSSR count). The third-order valence-corrected chi connectivity index (χ3v) is 3.26. The molecule has 2 N–H and O–H groups in total. The van der Waals surface area contributed by atoms with Crippen LogP contribution in [0.3, 0.4) is 0 Å². The van der Waals surface area contributed by atoms with E-state index in [-0.39, 0.29) is 5.91 Å². The Morgan fingerprint density at radius 3 is 2.62 bits per heavy atom. The van der Waals surface area contributed by atoms with E-state index in [0.717, 1.165) is 17.8 Å². The Morgan fingerprint density at radius 1 is 1.14 bits per heavy atom. The maximum atomic E-state index is 11.9. The van der Waals surface area contributed by atoms with Crippen molar-refractivity contribution in [2.75, 3.05) is 11.9 Å². The Kier molecular flexibility index (Phi) is 5.46. The van der Waals surface area contributed by atoms with Crippen molar-refractivity contribution in [2.45, 2.75) is 26.8 Å². The predicted octanol–water partition coefficient (Wildman–Crippen LogP) is 2.82. The van der Waals surface area contributed by atoms with Gasteiger partial charge in [0.05, 0.1) is 0 Å². The van der Waals surface area contributed by atoms with Gasteiger partial charge in [-0.1, -0.05) is 17.7 Å².